The number of halogens is 3. The Morgan fingerprint density at radius 2 is 2.08 bits per heavy atom. The van der Waals surface area contributed by atoms with Gasteiger partial charge < -0.3 is 9.84 Å². The number of carbonyl (C=O) groups excluding carboxylic acids is 1. The van der Waals surface area contributed by atoms with Gasteiger partial charge >= 0.3 is 12.1 Å². The summed E-state index contributed by atoms with van der Waals surface area (Å²) in [6.45, 7) is 2.78. The van der Waals surface area contributed by atoms with Crippen molar-refractivity contribution in [3.63, 3.8) is 0 Å². The van der Waals surface area contributed by atoms with Crippen molar-refractivity contribution in [2.24, 2.45) is 0 Å². The van der Waals surface area contributed by atoms with Crippen LogP contribution in [0.25, 0.3) is 5.69 Å². The average molecular weight is 369 g/mol. The van der Waals surface area contributed by atoms with E-state index in [1.807, 2.05) is 0 Å². The van der Waals surface area contributed by atoms with E-state index in [1.165, 1.54) is 32.0 Å². The van der Waals surface area contributed by atoms with Crippen LogP contribution in [-0.2, 0) is 15.8 Å². The summed E-state index contributed by atoms with van der Waals surface area (Å²) in [4.78, 5) is 28.0. The molecule has 0 saturated carbocycles. The predicted molar refractivity (Wildman–Crippen MR) is 83.2 cm³/mol. The van der Waals surface area contributed by atoms with Gasteiger partial charge in [-0.1, -0.05) is 0 Å². The number of carbonyl (C=O) groups is 2. The Bertz CT molecular complexity index is 878. The van der Waals surface area contributed by atoms with E-state index in [9.17, 15) is 27.9 Å². The van der Waals surface area contributed by atoms with Gasteiger partial charge in [-0.05, 0) is 26.0 Å². The van der Waals surface area contributed by atoms with Gasteiger partial charge in [-0.2, -0.15) is 13.2 Å². The first-order valence-corrected chi connectivity index (χ1v) is 7.58. The van der Waals surface area contributed by atoms with Gasteiger partial charge in [0, 0.05) is 18.5 Å². The predicted octanol–water partition coefficient (Wildman–Crippen LogP) is 2.48. The number of ether oxygens (including phenoxy) is 1. The average Bonchev–Trinajstić information content (AvgIpc) is 3.05. The summed E-state index contributed by atoms with van der Waals surface area (Å²) in [7, 11) is 0. The zero-order valence-electron chi connectivity index (χ0n) is 13.7. The van der Waals surface area contributed by atoms with E-state index in [0.29, 0.717) is 0 Å². The smallest absolute Gasteiger partial charge is 0.450 e. The van der Waals surface area contributed by atoms with E-state index < -0.39 is 36.0 Å². The topological polar surface area (TPSA) is 84.7 Å². The number of nitrogens with zero attached hydrogens (tertiary/aromatic N) is 3. The number of benzene rings is 1. The fourth-order valence-corrected chi connectivity index (χ4v) is 2.73. The van der Waals surface area contributed by atoms with Crippen molar-refractivity contribution in [3.8, 4) is 11.4 Å². The van der Waals surface area contributed by atoms with Crippen molar-refractivity contribution in [3.05, 3.63) is 36.4 Å². The minimum Gasteiger partial charge on any atom is -0.480 e. The maximum absolute atomic E-state index is 13.0. The third-order valence-corrected chi connectivity index (χ3v) is 4.01. The van der Waals surface area contributed by atoms with Gasteiger partial charge in [-0.15, -0.1) is 0 Å². The maximum Gasteiger partial charge on any atom is 0.450 e. The molecule has 2 unspecified atom stereocenters. The molecule has 0 fully saturated rings. The lowest BCUT2D eigenvalue weighted by molar-refractivity contribution is -0.146. The van der Waals surface area contributed by atoms with Gasteiger partial charge in [0.2, 0.25) is 5.82 Å². The first-order valence-electron chi connectivity index (χ1n) is 7.58. The minimum absolute atomic E-state index is 0.115. The van der Waals surface area contributed by atoms with Crippen molar-refractivity contribution >= 4 is 17.6 Å². The summed E-state index contributed by atoms with van der Waals surface area (Å²) in [5.74, 6) is -2.74. The van der Waals surface area contributed by atoms with Crippen LogP contribution in [-0.4, -0.2) is 38.7 Å². The number of fused-ring (bicyclic) bond motifs is 1. The van der Waals surface area contributed by atoms with Crippen molar-refractivity contribution in [1.82, 2.24) is 9.55 Å². The van der Waals surface area contributed by atoms with Crippen molar-refractivity contribution in [2.45, 2.75) is 32.2 Å². The summed E-state index contributed by atoms with van der Waals surface area (Å²) in [5, 5.41) is 9.22. The lowest BCUT2D eigenvalue weighted by Gasteiger charge is -2.35. The minimum atomic E-state index is -4.65. The van der Waals surface area contributed by atoms with Gasteiger partial charge in [0.25, 0.3) is 5.91 Å². The Morgan fingerprint density at radius 3 is 2.69 bits per heavy atom. The summed E-state index contributed by atoms with van der Waals surface area (Å²) in [6.07, 6.45) is -3.44. The van der Waals surface area contributed by atoms with Crippen LogP contribution in [0.15, 0.2) is 30.6 Å². The summed E-state index contributed by atoms with van der Waals surface area (Å²) >= 11 is 0. The Hall–Kier alpha value is -3.04. The maximum atomic E-state index is 13.0. The van der Waals surface area contributed by atoms with E-state index >= 15 is 0 Å². The van der Waals surface area contributed by atoms with Crippen molar-refractivity contribution in [1.29, 1.82) is 0 Å². The van der Waals surface area contributed by atoms with E-state index in [0.717, 1.165) is 21.9 Å². The summed E-state index contributed by atoms with van der Waals surface area (Å²) < 4.78 is 45.4. The zero-order valence-corrected chi connectivity index (χ0v) is 13.7. The monoisotopic (exact) mass is 369 g/mol. The highest BCUT2D eigenvalue weighted by atomic mass is 19.4. The van der Waals surface area contributed by atoms with E-state index in [2.05, 4.69) is 4.98 Å². The quantitative estimate of drug-likeness (QED) is 0.899. The molecule has 0 spiro atoms. The summed E-state index contributed by atoms with van der Waals surface area (Å²) in [5.41, 5.74) is 0.304. The Kier molecular flexibility index (Phi) is 4.13. The normalized spacial score (nSPS) is 18.3. The zero-order chi connectivity index (χ0) is 19.2. The first kappa shape index (κ1) is 17.8. The second-order valence-corrected chi connectivity index (χ2v) is 5.75. The van der Waals surface area contributed by atoms with Gasteiger partial charge in [0.1, 0.15) is 11.8 Å². The standard InChI is InChI=1S/C16H14F3N3O4/c1-8(14(24)25)22-11-4-3-10(7-12(11)26-9(2)13(22)23)21-6-5-20-15(21)16(17,18)19/h3-9H,1-2H3,(H,24,25). The van der Waals surface area contributed by atoms with Crippen LogP contribution < -0.4 is 9.64 Å². The molecule has 0 saturated heterocycles. The van der Waals surface area contributed by atoms with Crippen molar-refractivity contribution < 1.29 is 32.6 Å². The van der Waals surface area contributed by atoms with Gasteiger partial charge in [-0.3, -0.25) is 14.3 Å². The molecule has 0 aliphatic carbocycles. The molecule has 3 rings (SSSR count). The highest BCUT2D eigenvalue weighted by Gasteiger charge is 2.39. The first-order chi connectivity index (χ1) is 12.1. The fraction of sp³-hybridized carbons (Fsp3) is 0.312. The van der Waals surface area contributed by atoms with Gasteiger partial charge in [0.05, 0.1) is 11.4 Å². The Labute approximate surface area is 145 Å². The van der Waals surface area contributed by atoms with Crippen molar-refractivity contribution in [2.75, 3.05) is 4.90 Å². The Balaban J connectivity index is 2.09. The van der Waals surface area contributed by atoms with Crippen LogP contribution in [0.4, 0.5) is 18.9 Å². The number of hydrogen-bond acceptors (Lipinski definition) is 4. The van der Waals surface area contributed by atoms with E-state index in [1.54, 1.807) is 0 Å². The van der Waals surface area contributed by atoms with Crippen LogP contribution in [0.1, 0.15) is 19.7 Å². The molecule has 0 radical (unpaired) electrons. The number of carboxylic acid groups (broad SMARTS) is 1. The van der Waals surface area contributed by atoms with Crippen LogP contribution in [0.2, 0.25) is 0 Å². The SMILES string of the molecule is CC1Oc2cc(-n3ccnc3C(F)(F)F)ccc2N(C(C)C(=O)O)C1=O. The van der Waals surface area contributed by atoms with E-state index in [4.69, 9.17) is 4.74 Å². The third kappa shape index (κ3) is 2.87. The van der Waals surface area contributed by atoms with Crippen LogP contribution in [0.3, 0.4) is 0 Å². The molecule has 1 N–H and O–H groups in total. The number of carboxylic acids is 1. The number of aliphatic carboxylic acids is 1. The highest BCUT2D eigenvalue weighted by Crippen LogP contribution is 2.38. The molecule has 1 aliphatic rings. The molecule has 0 bridgehead atoms. The molecule has 10 heteroatoms. The van der Waals surface area contributed by atoms with Gasteiger partial charge in [0.15, 0.2) is 6.10 Å². The third-order valence-electron chi connectivity index (χ3n) is 4.01. The molecule has 1 aromatic carbocycles. The number of hydrogen-bond donors (Lipinski definition) is 1. The highest BCUT2D eigenvalue weighted by molar-refractivity contribution is 6.04. The van der Waals surface area contributed by atoms with Crippen LogP contribution in [0.5, 0.6) is 5.75 Å². The molecule has 2 aromatic rings. The molecule has 1 aliphatic heterocycles. The fourth-order valence-electron chi connectivity index (χ4n) is 2.73. The molecule has 7 nitrogen and oxygen atoms in total. The number of aromatic nitrogens is 2. The number of rotatable bonds is 3. The second kappa shape index (κ2) is 6.04. The lowest BCUT2D eigenvalue weighted by atomic mass is 10.1. The molecular formula is C16H14F3N3O4. The van der Waals surface area contributed by atoms with Crippen LogP contribution in [0, 0.1) is 0 Å². The number of imidazole rings is 1. The molecular weight excluding hydrogens is 355 g/mol. The molecule has 2 atom stereocenters. The second-order valence-electron chi connectivity index (χ2n) is 5.75. The van der Waals surface area contributed by atoms with E-state index in [-0.39, 0.29) is 17.1 Å². The molecule has 2 heterocycles. The van der Waals surface area contributed by atoms with Crippen LogP contribution >= 0.6 is 0 Å². The number of amides is 1. The number of alkyl halides is 3. The molecule has 26 heavy (non-hydrogen) atoms. The van der Waals surface area contributed by atoms with Gasteiger partial charge in [-0.25, -0.2) is 9.78 Å². The largest absolute Gasteiger partial charge is 0.480 e. The lowest BCUT2D eigenvalue weighted by Crippen LogP contribution is -2.51. The molecule has 1 aromatic heterocycles. The molecule has 138 valence electrons. The summed E-state index contributed by atoms with van der Waals surface area (Å²) in [6, 6.07) is 2.85. The molecule has 1 amide bonds. The number of anilines is 1. The Morgan fingerprint density at radius 1 is 1.38 bits per heavy atom.